The van der Waals surface area contributed by atoms with Crippen molar-refractivity contribution in [3.8, 4) is 0 Å². The lowest BCUT2D eigenvalue weighted by Crippen LogP contribution is -2.43. The molecule has 0 aromatic rings. The average Bonchev–Trinajstić information content (AvgIpc) is 2.62. The Morgan fingerprint density at radius 2 is 2.06 bits per heavy atom. The summed E-state index contributed by atoms with van der Waals surface area (Å²) in [6.07, 6.45) is 4.42. The molecule has 0 spiro atoms. The largest absolute Gasteiger partial charge is 0.323 e. The summed E-state index contributed by atoms with van der Waals surface area (Å²) >= 11 is 0. The molecule has 1 aliphatic heterocycles. The number of nitrogens with one attached hydrogen (secondary N) is 1. The maximum absolute atomic E-state index is 12.2. The highest BCUT2D eigenvalue weighted by Gasteiger charge is 2.38. The summed E-state index contributed by atoms with van der Waals surface area (Å²) in [5.41, 5.74) is 0. The van der Waals surface area contributed by atoms with Crippen molar-refractivity contribution in [1.29, 1.82) is 0 Å². The summed E-state index contributed by atoms with van der Waals surface area (Å²) in [6.45, 7) is 6.16. The Morgan fingerprint density at radius 3 is 2.53 bits per heavy atom. The molecule has 4 atom stereocenters. The zero-order chi connectivity index (χ0) is 13.0. The molecular formula is C12H24N2O2S. The lowest BCUT2D eigenvalue weighted by molar-refractivity contribution is -0.132. The van der Waals surface area contributed by atoms with E-state index >= 15 is 0 Å². The summed E-state index contributed by atoms with van der Waals surface area (Å²) in [5, 5.41) is 3.36. The highest BCUT2D eigenvalue weighted by atomic mass is 32.2. The average molecular weight is 260 g/mol. The van der Waals surface area contributed by atoms with Crippen LogP contribution in [0, 0.1) is 0 Å². The van der Waals surface area contributed by atoms with Crippen molar-refractivity contribution in [3.05, 3.63) is 0 Å². The number of amides is 1. The van der Waals surface area contributed by atoms with Crippen LogP contribution in [0.25, 0.3) is 0 Å². The number of carbonyl (C=O) groups is 1. The van der Waals surface area contributed by atoms with E-state index < -0.39 is 10.8 Å². The van der Waals surface area contributed by atoms with Crippen molar-refractivity contribution in [2.75, 3.05) is 12.0 Å². The number of rotatable bonds is 6. The molecule has 1 amide bonds. The Bertz CT molecular complexity index is 296. The molecule has 100 valence electrons. The highest BCUT2D eigenvalue weighted by Crippen LogP contribution is 2.20. The van der Waals surface area contributed by atoms with Gasteiger partial charge >= 0.3 is 0 Å². The van der Waals surface area contributed by atoms with E-state index in [2.05, 4.69) is 12.2 Å². The van der Waals surface area contributed by atoms with E-state index in [-0.39, 0.29) is 24.2 Å². The van der Waals surface area contributed by atoms with Gasteiger partial charge in [0, 0.05) is 28.9 Å². The molecule has 4 nitrogen and oxygen atoms in total. The zero-order valence-corrected chi connectivity index (χ0v) is 12.0. The summed E-state index contributed by atoms with van der Waals surface area (Å²) in [4.78, 5) is 14.1. The second-order valence-electron chi connectivity index (χ2n) is 4.71. The molecular weight excluding hydrogens is 236 g/mol. The molecule has 1 fully saturated rings. The number of hydrogen-bond acceptors (Lipinski definition) is 3. The summed E-state index contributed by atoms with van der Waals surface area (Å²) in [5.74, 6) is 0.867. The molecule has 17 heavy (non-hydrogen) atoms. The van der Waals surface area contributed by atoms with Crippen LogP contribution in [0.1, 0.15) is 40.0 Å². The van der Waals surface area contributed by atoms with Gasteiger partial charge in [-0.05, 0) is 26.2 Å². The molecule has 1 N–H and O–H groups in total. The van der Waals surface area contributed by atoms with Gasteiger partial charge in [0.05, 0.1) is 12.2 Å². The molecule has 0 aromatic heterocycles. The normalized spacial score (nSPS) is 28.5. The van der Waals surface area contributed by atoms with Crippen LogP contribution in [-0.4, -0.2) is 45.3 Å². The second-order valence-corrected chi connectivity index (χ2v) is 6.27. The van der Waals surface area contributed by atoms with E-state index in [1.807, 2.05) is 18.7 Å². The fraction of sp³-hybridized carbons (Fsp3) is 0.917. The van der Waals surface area contributed by atoms with Crippen LogP contribution in [0.4, 0.5) is 0 Å². The van der Waals surface area contributed by atoms with Crippen LogP contribution >= 0.6 is 0 Å². The molecule has 0 radical (unpaired) electrons. The topological polar surface area (TPSA) is 49.4 Å². The first-order valence-corrected chi connectivity index (χ1v) is 8.12. The van der Waals surface area contributed by atoms with Crippen LogP contribution in [-0.2, 0) is 15.6 Å². The van der Waals surface area contributed by atoms with Crippen molar-refractivity contribution in [1.82, 2.24) is 10.2 Å². The zero-order valence-electron chi connectivity index (χ0n) is 11.2. The summed E-state index contributed by atoms with van der Waals surface area (Å²) in [7, 11) is -0.780. The first-order chi connectivity index (χ1) is 8.01. The second kappa shape index (κ2) is 6.50. The van der Waals surface area contributed by atoms with Gasteiger partial charge in [-0.2, -0.15) is 0 Å². The molecule has 4 unspecified atom stereocenters. The SMILES string of the molecule is CCC1NC(CC)N(C(C)CCS(C)=O)C1=O. The van der Waals surface area contributed by atoms with Crippen molar-refractivity contribution >= 4 is 16.7 Å². The first-order valence-electron chi connectivity index (χ1n) is 6.39. The van der Waals surface area contributed by atoms with E-state index in [9.17, 15) is 9.00 Å². The van der Waals surface area contributed by atoms with Crippen LogP contribution in [0.15, 0.2) is 0 Å². The van der Waals surface area contributed by atoms with Gasteiger partial charge in [-0.25, -0.2) is 0 Å². The minimum absolute atomic E-state index is 0.0328. The number of hydrogen-bond donors (Lipinski definition) is 1. The van der Waals surface area contributed by atoms with Gasteiger partial charge in [-0.15, -0.1) is 0 Å². The van der Waals surface area contributed by atoms with E-state index in [0.717, 1.165) is 19.3 Å². The van der Waals surface area contributed by atoms with Crippen molar-refractivity contribution in [2.24, 2.45) is 0 Å². The van der Waals surface area contributed by atoms with E-state index in [1.165, 1.54) is 0 Å². The molecule has 1 saturated heterocycles. The Labute approximate surface area is 107 Å². The maximum atomic E-state index is 12.2. The standard InChI is InChI=1S/C12H24N2O2S/c1-5-10-12(15)14(11(6-2)13-10)9(3)7-8-17(4)16/h9-11,13H,5-8H2,1-4H3. The monoisotopic (exact) mass is 260 g/mol. The Hall–Kier alpha value is -0.420. The van der Waals surface area contributed by atoms with Gasteiger partial charge in [0.15, 0.2) is 0 Å². The summed E-state index contributed by atoms with van der Waals surface area (Å²) < 4.78 is 11.1. The fourth-order valence-corrected chi connectivity index (χ4v) is 3.00. The molecule has 1 heterocycles. The van der Waals surface area contributed by atoms with Crippen molar-refractivity contribution in [2.45, 2.75) is 58.3 Å². The molecule has 0 saturated carbocycles. The minimum Gasteiger partial charge on any atom is -0.323 e. The Kier molecular flexibility index (Phi) is 5.59. The number of nitrogens with zero attached hydrogens (tertiary/aromatic N) is 1. The lowest BCUT2D eigenvalue weighted by atomic mass is 10.2. The predicted molar refractivity (Wildman–Crippen MR) is 71.2 cm³/mol. The predicted octanol–water partition coefficient (Wildman–Crippen LogP) is 1.09. The van der Waals surface area contributed by atoms with E-state index in [4.69, 9.17) is 0 Å². The first kappa shape index (κ1) is 14.6. The van der Waals surface area contributed by atoms with Crippen LogP contribution < -0.4 is 5.32 Å². The molecule has 1 aliphatic rings. The number of carbonyl (C=O) groups excluding carboxylic acids is 1. The van der Waals surface area contributed by atoms with Crippen molar-refractivity contribution < 1.29 is 9.00 Å². The molecule has 1 rings (SSSR count). The maximum Gasteiger partial charge on any atom is 0.241 e. The van der Waals surface area contributed by atoms with Gasteiger partial charge < -0.3 is 4.90 Å². The van der Waals surface area contributed by atoms with Crippen LogP contribution in [0.2, 0.25) is 0 Å². The fourth-order valence-electron chi connectivity index (χ4n) is 2.32. The third-order valence-electron chi connectivity index (χ3n) is 3.37. The smallest absolute Gasteiger partial charge is 0.241 e. The van der Waals surface area contributed by atoms with E-state index in [0.29, 0.717) is 5.75 Å². The Balaban J connectivity index is 2.65. The highest BCUT2D eigenvalue weighted by molar-refractivity contribution is 7.84. The van der Waals surface area contributed by atoms with Crippen molar-refractivity contribution in [3.63, 3.8) is 0 Å². The van der Waals surface area contributed by atoms with Gasteiger partial charge in [0.25, 0.3) is 0 Å². The molecule has 5 heteroatoms. The third kappa shape index (κ3) is 3.52. The van der Waals surface area contributed by atoms with Gasteiger partial charge in [0.2, 0.25) is 5.91 Å². The van der Waals surface area contributed by atoms with E-state index in [1.54, 1.807) is 6.26 Å². The lowest BCUT2D eigenvalue weighted by Gasteiger charge is -2.29. The summed E-state index contributed by atoms with van der Waals surface area (Å²) in [6, 6.07) is 0.134. The van der Waals surface area contributed by atoms with Gasteiger partial charge in [-0.3, -0.25) is 14.3 Å². The van der Waals surface area contributed by atoms with Crippen LogP contribution in [0.3, 0.4) is 0 Å². The molecule has 0 aliphatic carbocycles. The minimum atomic E-state index is -0.780. The molecule has 0 aromatic carbocycles. The van der Waals surface area contributed by atoms with Gasteiger partial charge in [0.1, 0.15) is 0 Å². The Morgan fingerprint density at radius 1 is 1.41 bits per heavy atom. The van der Waals surface area contributed by atoms with Gasteiger partial charge in [-0.1, -0.05) is 13.8 Å². The quantitative estimate of drug-likeness (QED) is 0.778. The van der Waals surface area contributed by atoms with Crippen LogP contribution in [0.5, 0.6) is 0 Å². The third-order valence-corrected chi connectivity index (χ3v) is 4.19. The molecule has 0 bridgehead atoms.